The molecule has 0 unspecified atom stereocenters. The summed E-state index contributed by atoms with van der Waals surface area (Å²) in [6.07, 6.45) is -2.59. The molecule has 0 aromatic carbocycles. The number of hydrogen-bond acceptors (Lipinski definition) is 5. The van der Waals surface area contributed by atoms with Crippen LogP contribution >= 0.6 is 0 Å². The van der Waals surface area contributed by atoms with Gasteiger partial charge in [0.2, 0.25) is 0 Å². The van der Waals surface area contributed by atoms with Crippen molar-refractivity contribution >= 4 is 5.69 Å². The highest BCUT2D eigenvalue weighted by Gasteiger charge is 2.27. The van der Waals surface area contributed by atoms with Gasteiger partial charge in [-0.25, -0.2) is 4.68 Å². The molecule has 0 aliphatic heterocycles. The maximum atomic E-state index is 11.8. The second-order valence-electron chi connectivity index (χ2n) is 4.04. The van der Waals surface area contributed by atoms with Crippen LogP contribution in [0.15, 0.2) is 17.1 Å². The van der Waals surface area contributed by atoms with Gasteiger partial charge < -0.3 is 15.8 Å². The number of aromatic nitrogens is 2. The summed E-state index contributed by atoms with van der Waals surface area (Å²) in [5.74, 6) is 0. The van der Waals surface area contributed by atoms with Crippen LogP contribution in [-0.2, 0) is 11.3 Å². The summed E-state index contributed by atoms with van der Waals surface area (Å²) in [4.78, 5) is 11.6. The molecule has 1 rings (SSSR count). The third-order valence-corrected chi connectivity index (χ3v) is 2.27. The largest absolute Gasteiger partial charge is 0.411 e. The van der Waals surface area contributed by atoms with Gasteiger partial charge in [-0.3, -0.25) is 4.79 Å². The SMILES string of the molecule is NCCNc1cnn(CCCOCC(F)(F)F)c(=O)c1. The predicted molar refractivity (Wildman–Crippen MR) is 67.5 cm³/mol. The third-order valence-electron chi connectivity index (χ3n) is 2.27. The van der Waals surface area contributed by atoms with Crippen LogP contribution < -0.4 is 16.6 Å². The molecule has 0 aliphatic rings. The Labute approximate surface area is 113 Å². The maximum Gasteiger partial charge on any atom is 0.411 e. The van der Waals surface area contributed by atoms with Gasteiger partial charge in [0.05, 0.1) is 11.9 Å². The van der Waals surface area contributed by atoms with Crippen molar-refractivity contribution in [3.8, 4) is 0 Å². The van der Waals surface area contributed by atoms with Crippen molar-refractivity contribution in [1.82, 2.24) is 9.78 Å². The van der Waals surface area contributed by atoms with Crippen LogP contribution in [0.2, 0.25) is 0 Å². The Morgan fingerprint density at radius 1 is 1.45 bits per heavy atom. The number of ether oxygens (including phenoxy) is 1. The van der Waals surface area contributed by atoms with Crippen molar-refractivity contribution in [2.24, 2.45) is 5.73 Å². The van der Waals surface area contributed by atoms with Crippen molar-refractivity contribution < 1.29 is 17.9 Å². The summed E-state index contributed by atoms with van der Waals surface area (Å²) in [5.41, 5.74) is 5.54. The first-order valence-electron chi connectivity index (χ1n) is 6.08. The summed E-state index contributed by atoms with van der Waals surface area (Å²) in [6.45, 7) is -0.206. The highest BCUT2D eigenvalue weighted by Crippen LogP contribution is 2.14. The van der Waals surface area contributed by atoms with E-state index in [2.05, 4.69) is 15.2 Å². The Hall–Kier alpha value is -1.61. The second kappa shape index (κ2) is 7.85. The van der Waals surface area contributed by atoms with Crippen molar-refractivity contribution in [3.05, 3.63) is 22.6 Å². The first-order valence-corrected chi connectivity index (χ1v) is 6.08. The molecule has 0 spiro atoms. The Morgan fingerprint density at radius 2 is 2.20 bits per heavy atom. The number of hydrogen-bond donors (Lipinski definition) is 2. The molecule has 0 aliphatic carbocycles. The van der Waals surface area contributed by atoms with E-state index in [4.69, 9.17) is 5.73 Å². The lowest BCUT2D eigenvalue weighted by atomic mass is 10.4. The van der Waals surface area contributed by atoms with E-state index in [-0.39, 0.29) is 25.1 Å². The van der Waals surface area contributed by atoms with Gasteiger partial charge in [-0.05, 0) is 6.42 Å². The average molecular weight is 294 g/mol. The van der Waals surface area contributed by atoms with Crippen LogP contribution in [0.1, 0.15) is 6.42 Å². The smallest absolute Gasteiger partial charge is 0.382 e. The van der Waals surface area contributed by atoms with Crippen LogP contribution in [-0.4, -0.2) is 42.3 Å². The van der Waals surface area contributed by atoms with E-state index in [0.717, 1.165) is 0 Å². The molecule has 6 nitrogen and oxygen atoms in total. The Bertz CT molecular complexity index is 462. The molecule has 1 aromatic heterocycles. The van der Waals surface area contributed by atoms with Crippen molar-refractivity contribution in [3.63, 3.8) is 0 Å². The van der Waals surface area contributed by atoms with Crippen LogP contribution in [0.3, 0.4) is 0 Å². The standard InChI is InChI=1S/C11H17F3N4O2/c12-11(13,14)8-20-5-1-4-18-10(19)6-9(7-17-18)16-3-2-15/h6-7,16H,1-5,8,15H2. The first kappa shape index (κ1) is 16.4. The molecule has 0 saturated heterocycles. The monoisotopic (exact) mass is 294 g/mol. The van der Waals surface area contributed by atoms with Gasteiger partial charge in [-0.1, -0.05) is 0 Å². The normalized spacial score (nSPS) is 11.6. The maximum absolute atomic E-state index is 11.8. The lowest BCUT2D eigenvalue weighted by molar-refractivity contribution is -0.174. The van der Waals surface area contributed by atoms with Crippen LogP contribution in [0, 0.1) is 0 Å². The Kier molecular flexibility index (Phi) is 6.46. The predicted octanol–water partition coefficient (Wildman–Crippen LogP) is 0.583. The minimum absolute atomic E-state index is 0.0825. The van der Waals surface area contributed by atoms with E-state index in [1.807, 2.05) is 0 Å². The first-order chi connectivity index (χ1) is 9.42. The third kappa shape index (κ3) is 6.53. The highest BCUT2D eigenvalue weighted by atomic mass is 19.4. The number of nitrogens with one attached hydrogen (secondary N) is 1. The highest BCUT2D eigenvalue weighted by molar-refractivity contribution is 5.38. The second-order valence-corrected chi connectivity index (χ2v) is 4.04. The van der Waals surface area contributed by atoms with Crippen molar-refractivity contribution in [1.29, 1.82) is 0 Å². The molecular weight excluding hydrogens is 277 g/mol. The van der Waals surface area contributed by atoms with Crippen molar-refractivity contribution in [2.75, 3.05) is 31.6 Å². The van der Waals surface area contributed by atoms with E-state index < -0.39 is 12.8 Å². The molecule has 1 aromatic rings. The molecule has 9 heteroatoms. The molecule has 20 heavy (non-hydrogen) atoms. The van der Waals surface area contributed by atoms with Crippen LogP contribution in [0.5, 0.6) is 0 Å². The molecular formula is C11H17F3N4O2. The average Bonchev–Trinajstić information content (AvgIpc) is 2.36. The Morgan fingerprint density at radius 3 is 2.80 bits per heavy atom. The lowest BCUT2D eigenvalue weighted by Gasteiger charge is -2.09. The molecule has 0 atom stereocenters. The summed E-state index contributed by atoms with van der Waals surface area (Å²) in [7, 11) is 0. The van der Waals surface area contributed by atoms with Gasteiger partial charge in [-0.15, -0.1) is 0 Å². The number of aryl methyl sites for hydroxylation is 1. The van der Waals surface area contributed by atoms with E-state index in [9.17, 15) is 18.0 Å². The summed E-state index contributed by atoms with van der Waals surface area (Å²) in [5, 5.41) is 6.81. The fourth-order valence-corrected chi connectivity index (χ4v) is 1.42. The number of nitrogens with zero attached hydrogens (tertiary/aromatic N) is 2. The summed E-state index contributed by atoms with van der Waals surface area (Å²) >= 11 is 0. The fourth-order valence-electron chi connectivity index (χ4n) is 1.42. The van der Waals surface area contributed by atoms with Crippen LogP contribution in [0.4, 0.5) is 18.9 Å². The fraction of sp³-hybridized carbons (Fsp3) is 0.636. The minimum Gasteiger partial charge on any atom is -0.382 e. The molecule has 0 amide bonds. The van der Waals surface area contributed by atoms with Crippen molar-refractivity contribution in [2.45, 2.75) is 19.1 Å². The van der Waals surface area contributed by atoms with Gasteiger partial charge in [0, 0.05) is 32.3 Å². The van der Waals surface area contributed by atoms with Crippen LogP contribution in [0.25, 0.3) is 0 Å². The van der Waals surface area contributed by atoms with Gasteiger partial charge in [0.25, 0.3) is 5.56 Å². The zero-order valence-corrected chi connectivity index (χ0v) is 10.8. The van der Waals surface area contributed by atoms with E-state index >= 15 is 0 Å². The quantitative estimate of drug-likeness (QED) is 0.686. The summed E-state index contributed by atoms with van der Waals surface area (Å²) in [6, 6.07) is 1.36. The molecule has 114 valence electrons. The van der Waals surface area contributed by atoms with Gasteiger partial charge in [0.1, 0.15) is 6.61 Å². The van der Waals surface area contributed by atoms with Gasteiger partial charge in [0.15, 0.2) is 0 Å². The molecule has 0 radical (unpaired) electrons. The molecule has 0 saturated carbocycles. The zero-order valence-electron chi connectivity index (χ0n) is 10.8. The lowest BCUT2D eigenvalue weighted by Crippen LogP contribution is -2.24. The topological polar surface area (TPSA) is 82.2 Å². The Balaban J connectivity index is 2.35. The molecule has 3 N–H and O–H groups in total. The van der Waals surface area contributed by atoms with Gasteiger partial charge >= 0.3 is 6.18 Å². The van der Waals surface area contributed by atoms with E-state index in [1.165, 1.54) is 16.9 Å². The number of halogens is 3. The van der Waals surface area contributed by atoms with E-state index in [0.29, 0.717) is 18.8 Å². The molecule has 1 heterocycles. The minimum atomic E-state index is -4.33. The van der Waals surface area contributed by atoms with E-state index in [1.54, 1.807) is 0 Å². The molecule has 0 bridgehead atoms. The number of nitrogens with two attached hydrogens (primary N) is 1. The zero-order chi connectivity index (χ0) is 15.0. The summed E-state index contributed by atoms with van der Waals surface area (Å²) < 4.78 is 41.0. The number of anilines is 1. The van der Waals surface area contributed by atoms with Gasteiger partial charge in [-0.2, -0.15) is 18.3 Å². The molecule has 0 fully saturated rings. The number of alkyl halides is 3. The number of rotatable bonds is 8.